The lowest BCUT2D eigenvalue weighted by Gasteiger charge is -2.27. The summed E-state index contributed by atoms with van der Waals surface area (Å²) in [6, 6.07) is 7.90. The molecule has 6 rings (SSSR count). The molecular weight excluding hydrogens is 446 g/mol. The van der Waals surface area contributed by atoms with E-state index in [-0.39, 0.29) is 29.4 Å². The number of hydrogen-bond acceptors (Lipinski definition) is 7. The fraction of sp³-hybridized carbons (Fsp3) is 0.360. The normalized spacial score (nSPS) is 16.9. The molecule has 0 spiro atoms. The summed E-state index contributed by atoms with van der Waals surface area (Å²) >= 11 is 0. The van der Waals surface area contributed by atoms with Gasteiger partial charge in [-0.2, -0.15) is 5.10 Å². The molecule has 3 aromatic heterocycles. The topological polar surface area (TPSA) is 117 Å². The first-order chi connectivity index (χ1) is 16.9. The van der Waals surface area contributed by atoms with Gasteiger partial charge in [0.2, 0.25) is 5.82 Å². The molecular formula is C25H25N7O3. The van der Waals surface area contributed by atoms with E-state index in [0.29, 0.717) is 24.4 Å². The van der Waals surface area contributed by atoms with Crippen molar-refractivity contribution < 1.29 is 9.53 Å². The second-order valence-electron chi connectivity index (χ2n) is 9.48. The van der Waals surface area contributed by atoms with E-state index in [2.05, 4.69) is 25.4 Å². The summed E-state index contributed by atoms with van der Waals surface area (Å²) < 4.78 is 8.63. The van der Waals surface area contributed by atoms with Crippen molar-refractivity contribution in [2.24, 2.45) is 0 Å². The molecule has 0 unspecified atom stereocenters. The lowest BCUT2D eigenvalue weighted by Crippen LogP contribution is -2.37. The van der Waals surface area contributed by atoms with Gasteiger partial charge in [-0.1, -0.05) is 24.3 Å². The lowest BCUT2D eigenvalue weighted by atomic mass is 10.0. The third-order valence-corrected chi connectivity index (χ3v) is 6.75. The molecule has 1 aromatic carbocycles. The molecule has 4 aromatic rings. The highest BCUT2D eigenvalue weighted by Gasteiger charge is 2.46. The number of hydrogen-bond donors (Lipinski definition) is 1. The maximum Gasteiger partial charge on any atom is 0.289 e. The number of amides is 1. The number of carbonyl (C=O) groups is 1. The molecule has 1 N–H and O–H groups in total. The van der Waals surface area contributed by atoms with Gasteiger partial charge in [0.05, 0.1) is 48.3 Å². The van der Waals surface area contributed by atoms with E-state index in [1.807, 2.05) is 38.1 Å². The summed E-state index contributed by atoms with van der Waals surface area (Å²) in [5.41, 5.74) is 2.43. The van der Waals surface area contributed by atoms with Crippen molar-refractivity contribution in [3.05, 3.63) is 70.9 Å². The van der Waals surface area contributed by atoms with E-state index < -0.39 is 5.54 Å². The average molecular weight is 472 g/mol. The van der Waals surface area contributed by atoms with Crippen molar-refractivity contribution in [3.63, 3.8) is 0 Å². The van der Waals surface area contributed by atoms with Gasteiger partial charge < -0.3 is 10.1 Å². The van der Waals surface area contributed by atoms with Crippen LogP contribution in [0.2, 0.25) is 0 Å². The van der Waals surface area contributed by atoms with Crippen LogP contribution in [0, 0.1) is 0 Å². The summed E-state index contributed by atoms with van der Waals surface area (Å²) in [7, 11) is 0. The Morgan fingerprint density at radius 2 is 1.91 bits per heavy atom. The molecule has 0 radical (unpaired) electrons. The van der Waals surface area contributed by atoms with Crippen LogP contribution in [-0.4, -0.2) is 48.4 Å². The van der Waals surface area contributed by atoms with Crippen LogP contribution in [-0.2, 0) is 10.3 Å². The van der Waals surface area contributed by atoms with Crippen LogP contribution in [0.1, 0.15) is 55.0 Å². The minimum atomic E-state index is -0.454. The zero-order valence-electron chi connectivity index (χ0n) is 19.5. The van der Waals surface area contributed by atoms with Crippen LogP contribution in [0.3, 0.4) is 0 Å². The first kappa shape index (κ1) is 21.6. The van der Waals surface area contributed by atoms with Crippen molar-refractivity contribution in [2.45, 2.75) is 44.3 Å². The third kappa shape index (κ3) is 3.70. The Bertz CT molecular complexity index is 1480. The number of nitrogens with zero attached hydrogens (tertiary/aromatic N) is 6. The van der Waals surface area contributed by atoms with E-state index in [9.17, 15) is 9.59 Å². The molecule has 4 heterocycles. The number of ether oxygens (including phenoxy) is 1. The first-order valence-corrected chi connectivity index (χ1v) is 11.7. The smallest absolute Gasteiger partial charge is 0.289 e. The summed E-state index contributed by atoms with van der Waals surface area (Å²) in [5, 5.41) is 8.27. The van der Waals surface area contributed by atoms with Gasteiger partial charge in [-0.3, -0.25) is 14.2 Å². The minimum Gasteiger partial charge on any atom is -0.377 e. The highest BCUT2D eigenvalue weighted by Crippen LogP contribution is 2.46. The van der Waals surface area contributed by atoms with Crippen LogP contribution >= 0.6 is 0 Å². The SMILES string of the molecule is CC(C)n1ncc2cnc(C(=O)NC3(c4ccc(-c5cncn(C6COC6)c5=O)cc4)CC3)nc21. The van der Waals surface area contributed by atoms with Crippen molar-refractivity contribution >= 4 is 16.9 Å². The molecule has 0 bridgehead atoms. The maximum atomic E-state index is 13.1. The largest absolute Gasteiger partial charge is 0.377 e. The van der Waals surface area contributed by atoms with Gasteiger partial charge in [0.15, 0.2) is 5.65 Å². The molecule has 178 valence electrons. The van der Waals surface area contributed by atoms with Gasteiger partial charge in [0.25, 0.3) is 11.5 Å². The number of benzene rings is 1. The summed E-state index contributed by atoms with van der Waals surface area (Å²) in [6.45, 7) is 5.09. The molecule has 1 aliphatic heterocycles. The molecule has 0 atom stereocenters. The molecule has 1 saturated carbocycles. The Labute approximate surface area is 201 Å². The average Bonchev–Trinajstić information content (AvgIpc) is 3.47. The fourth-order valence-corrected chi connectivity index (χ4v) is 4.44. The third-order valence-electron chi connectivity index (χ3n) is 6.75. The Balaban J connectivity index is 1.23. The van der Waals surface area contributed by atoms with Gasteiger partial charge in [-0.15, -0.1) is 0 Å². The van der Waals surface area contributed by atoms with Gasteiger partial charge in [-0.05, 0) is 37.8 Å². The van der Waals surface area contributed by atoms with Crippen LogP contribution in [0.15, 0.2) is 54.0 Å². The molecule has 1 aliphatic carbocycles. The van der Waals surface area contributed by atoms with Crippen molar-refractivity contribution in [1.82, 2.24) is 34.6 Å². The maximum absolute atomic E-state index is 13.1. The zero-order chi connectivity index (χ0) is 24.2. The van der Waals surface area contributed by atoms with Gasteiger partial charge in [0, 0.05) is 18.4 Å². The van der Waals surface area contributed by atoms with Crippen LogP contribution in [0.4, 0.5) is 0 Å². The zero-order valence-corrected chi connectivity index (χ0v) is 19.5. The van der Waals surface area contributed by atoms with Gasteiger partial charge in [-0.25, -0.2) is 19.6 Å². The van der Waals surface area contributed by atoms with E-state index in [4.69, 9.17) is 4.74 Å². The minimum absolute atomic E-state index is 0.0415. The fourth-order valence-electron chi connectivity index (χ4n) is 4.44. The quantitative estimate of drug-likeness (QED) is 0.459. The van der Waals surface area contributed by atoms with Crippen molar-refractivity contribution in [1.29, 1.82) is 0 Å². The molecule has 2 fully saturated rings. The molecule has 1 saturated heterocycles. The molecule has 10 heteroatoms. The predicted molar refractivity (Wildman–Crippen MR) is 128 cm³/mol. The molecule has 35 heavy (non-hydrogen) atoms. The Kier molecular flexibility index (Phi) is 4.99. The second kappa shape index (κ2) is 8.09. The number of carbonyl (C=O) groups excluding carboxylic acids is 1. The van der Waals surface area contributed by atoms with E-state index in [0.717, 1.165) is 29.4 Å². The van der Waals surface area contributed by atoms with Crippen LogP contribution in [0.25, 0.3) is 22.2 Å². The summed E-state index contributed by atoms with van der Waals surface area (Å²) in [5.74, 6) is -0.193. The van der Waals surface area contributed by atoms with Gasteiger partial charge in [0.1, 0.15) is 0 Å². The Hall–Kier alpha value is -3.92. The van der Waals surface area contributed by atoms with E-state index in [1.54, 1.807) is 34.2 Å². The Morgan fingerprint density at radius 3 is 2.57 bits per heavy atom. The highest BCUT2D eigenvalue weighted by atomic mass is 16.5. The standard InChI is InChI=1S/C25H25N7O3/c1-15(2)32-22-17(10-28-32)9-27-21(29-22)23(33)30-25(7-8-25)18-5-3-16(4-6-18)20-11-26-14-31(24(20)34)19-12-35-13-19/h3-6,9-11,14-15,19H,7-8,12-13H2,1-2H3,(H,30,33). The number of nitrogens with one attached hydrogen (secondary N) is 1. The molecule has 10 nitrogen and oxygen atoms in total. The number of aromatic nitrogens is 6. The summed E-state index contributed by atoms with van der Waals surface area (Å²) in [4.78, 5) is 39.0. The van der Waals surface area contributed by atoms with Crippen molar-refractivity contribution in [2.75, 3.05) is 13.2 Å². The number of fused-ring (bicyclic) bond motifs is 1. The van der Waals surface area contributed by atoms with Crippen LogP contribution in [0.5, 0.6) is 0 Å². The van der Waals surface area contributed by atoms with E-state index in [1.165, 1.54) is 0 Å². The lowest BCUT2D eigenvalue weighted by molar-refractivity contribution is -0.0251. The summed E-state index contributed by atoms with van der Waals surface area (Å²) in [6.07, 6.45) is 8.15. The highest BCUT2D eigenvalue weighted by molar-refractivity contribution is 5.93. The number of rotatable bonds is 6. The van der Waals surface area contributed by atoms with Crippen LogP contribution < -0.4 is 10.9 Å². The Morgan fingerprint density at radius 1 is 1.14 bits per heavy atom. The monoisotopic (exact) mass is 471 g/mol. The second-order valence-corrected chi connectivity index (χ2v) is 9.48. The predicted octanol–water partition coefficient (Wildman–Crippen LogP) is 2.62. The first-order valence-electron chi connectivity index (χ1n) is 11.7. The van der Waals surface area contributed by atoms with Crippen molar-refractivity contribution in [3.8, 4) is 11.1 Å². The molecule has 1 amide bonds. The molecule has 2 aliphatic rings. The van der Waals surface area contributed by atoms with E-state index >= 15 is 0 Å². The van der Waals surface area contributed by atoms with Gasteiger partial charge >= 0.3 is 0 Å².